The Bertz CT molecular complexity index is 676. The summed E-state index contributed by atoms with van der Waals surface area (Å²) in [6, 6.07) is 1.27. The van der Waals surface area contributed by atoms with Crippen molar-refractivity contribution >= 4 is 15.7 Å². The predicted molar refractivity (Wildman–Crippen MR) is 72.0 cm³/mol. The van der Waals surface area contributed by atoms with E-state index < -0.39 is 26.5 Å². The van der Waals surface area contributed by atoms with E-state index in [-0.39, 0.29) is 36.3 Å². The van der Waals surface area contributed by atoms with Gasteiger partial charge in [0.2, 0.25) is 15.8 Å². The maximum atomic E-state index is 13.5. The quantitative estimate of drug-likeness (QED) is 0.621. The zero-order valence-electron chi connectivity index (χ0n) is 11.6. The molecule has 1 atom stereocenters. The minimum atomic E-state index is -3.93. The number of morpholine rings is 1. The second-order valence-electron chi connectivity index (χ2n) is 4.87. The number of nitro benzene ring substituents is 1. The number of ether oxygens (including phenoxy) is 1. The molecule has 0 aromatic heterocycles. The van der Waals surface area contributed by atoms with Crippen LogP contribution in [0, 0.1) is 22.9 Å². The van der Waals surface area contributed by atoms with Crippen molar-refractivity contribution in [1.29, 1.82) is 0 Å². The van der Waals surface area contributed by atoms with Crippen LogP contribution in [0.4, 0.5) is 10.1 Å². The van der Waals surface area contributed by atoms with E-state index in [1.54, 1.807) is 6.92 Å². The normalized spacial score (nSPS) is 20.4. The van der Waals surface area contributed by atoms with Gasteiger partial charge in [0.05, 0.1) is 23.0 Å². The highest BCUT2D eigenvalue weighted by Crippen LogP contribution is 2.29. The lowest BCUT2D eigenvalue weighted by Crippen LogP contribution is -2.47. The van der Waals surface area contributed by atoms with Gasteiger partial charge in [-0.2, -0.15) is 8.70 Å². The maximum absolute atomic E-state index is 13.5. The number of nitrogens with zero attached hydrogens (tertiary/aromatic N) is 2. The molecule has 7 nitrogen and oxygen atoms in total. The molecule has 1 saturated heterocycles. The van der Waals surface area contributed by atoms with Crippen molar-refractivity contribution in [3.63, 3.8) is 0 Å². The average molecular weight is 318 g/mol. The highest BCUT2D eigenvalue weighted by molar-refractivity contribution is 7.89. The number of benzene rings is 1. The fourth-order valence-electron chi connectivity index (χ4n) is 2.26. The van der Waals surface area contributed by atoms with E-state index in [0.29, 0.717) is 0 Å². The summed E-state index contributed by atoms with van der Waals surface area (Å²) in [6.45, 7) is 3.76. The van der Waals surface area contributed by atoms with E-state index in [1.165, 1.54) is 11.2 Å². The summed E-state index contributed by atoms with van der Waals surface area (Å²) in [5.74, 6) is -1.05. The number of hydrogen-bond donors (Lipinski definition) is 0. The lowest BCUT2D eigenvalue weighted by molar-refractivity contribution is -0.387. The van der Waals surface area contributed by atoms with Crippen LogP contribution in [0.25, 0.3) is 0 Å². The number of sulfonamides is 1. The third-order valence-corrected chi connectivity index (χ3v) is 5.49. The van der Waals surface area contributed by atoms with Gasteiger partial charge in [-0.05, 0) is 25.5 Å². The van der Waals surface area contributed by atoms with Crippen LogP contribution in [-0.2, 0) is 14.8 Å². The molecule has 1 aliphatic heterocycles. The zero-order valence-corrected chi connectivity index (χ0v) is 12.4. The van der Waals surface area contributed by atoms with Crippen molar-refractivity contribution in [3.8, 4) is 0 Å². The molecule has 0 amide bonds. The first-order chi connectivity index (χ1) is 9.75. The Hall–Kier alpha value is -1.58. The molecule has 1 aliphatic rings. The topological polar surface area (TPSA) is 89.8 Å². The van der Waals surface area contributed by atoms with Crippen LogP contribution in [0.1, 0.15) is 12.5 Å². The molecule has 2 rings (SSSR count). The van der Waals surface area contributed by atoms with Gasteiger partial charge < -0.3 is 4.74 Å². The lowest BCUT2D eigenvalue weighted by Gasteiger charge is -2.32. The predicted octanol–water partition coefficient (Wildman–Crippen LogP) is 1.45. The molecule has 21 heavy (non-hydrogen) atoms. The van der Waals surface area contributed by atoms with Gasteiger partial charge in [0.15, 0.2) is 0 Å². The van der Waals surface area contributed by atoms with E-state index in [9.17, 15) is 22.9 Å². The summed E-state index contributed by atoms with van der Waals surface area (Å²) in [5.41, 5.74) is -0.711. The number of aryl methyl sites for hydroxylation is 1. The monoisotopic (exact) mass is 318 g/mol. The Morgan fingerprint density at radius 3 is 2.71 bits per heavy atom. The summed E-state index contributed by atoms with van der Waals surface area (Å²) < 4.78 is 45.2. The van der Waals surface area contributed by atoms with Gasteiger partial charge in [0.25, 0.3) is 0 Å². The summed E-state index contributed by atoms with van der Waals surface area (Å²) in [6.07, 6.45) is 0. The van der Waals surface area contributed by atoms with Gasteiger partial charge in [-0.15, -0.1) is 0 Å². The van der Waals surface area contributed by atoms with Crippen molar-refractivity contribution in [2.45, 2.75) is 24.8 Å². The fraction of sp³-hybridized carbons (Fsp3) is 0.500. The number of nitro groups is 1. The molecular formula is C12H15FN2O5S. The van der Waals surface area contributed by atoms with Crippen LogP contribution < -0.4 is 0 Å². The second-order valence-corrected chi connectivity index (χ2v) is 6.72. The molecule has 1 aromatic carbocycles. The van der Waals surface area contributed by atoms with E-state index in [4.69, 9.17) is 4.74 Å². The standard InChI is InChI=1S/C12H15FN2O5S/c1-8-5-10(13)11(15(16)17)6-12(8)21(18,19)14-3-4-20-7-9(14)2/h5-6,9H,3-4,7H2,1-2H3. The molecule has 1 fully saturated rings. The Morgan fingerprint density at radius 1 is 1.48 bits per heavy atom. The number of hydrogen-bond acceptors (Lipinski definition) is 5. The Labute approximate surface area is 121 Å². The Balaban J connectivity index is 2.54. The molecule has 1 heterocycles. The van der Waals surface area contributed by atoms with Crippen molar-refractivity contribution in [3.05, 3.63) is 33.6 Å². The molecule has 0 bridgehead atoms. The average Bonchev–Trinajstić information content (AvgIpc) is 2.38. The fourth-order valence-corrected chi connectivity index (χ4v) is 4.08. The first-order valence-electron chi connectivity index (χ1n) is 6.29. The Morgan fingerprint density at radius 2 is 2.14 bits per heavy atom. The van der Waals surface area contributed by atoms with Crippen LogP contribution in [-0.4, -0.2) is 43.4 Å². The first kappa shape index (κ1) is 15.8. The van der Waals surface area contributed by atoms with Crippen molar-refractivity contribution < 1.29 is 22.5 Å². The van der Waals surface area contributed by atoms with Gasteiger partial charge in [-0.1, -0.05) is 0 Å². The van der Waals surface area contributed by atoms with Gasteiger partial charge in [0.1, 0.15) is 0 Å². The van der Waals surface area contributed by atoms with Gasteiger partial charge in [-0.25, -0.2) is 8.42 Å². The van der Waals surface area contributed by atoms with Crippen LogP contribution in [0.5, 0.6) is 0 Å². The molecule has 1 unspecified atom stereocenters. The van der Waals surface area contributed by atoms with Crippen LogP contribution in [0.2, 0.25) is 0 Å². The zero-order chi connectivity index (χ0) is 15.8. The highest BCUT2D eigenvalue weighted by atomic mass is 32.2. The third kappa shape index (κ3) is 2.89. The number of halogens is 1. The van der Waals surface area contributed by atoms with Gasteiger partial charge in [-0.3, -0.25) is 10.1 Å². The molecule has 116 valence electrons. The number of rotatable bonds is 3. The van der Waals surface area contributed by atoms with Gasteiger partial charge >= 0.3 is 5.69 Å². The summed E-state index contributed by atoms with van der Waals surface area (Å²) in [7, 11) is -3.93. The van der Waals surface area contributed by atoms with Gasteiger partial charge in [0, 0.05) is 18.7 Å². The summed E-state index contributed by atoms with van der Waals surface area (Å²) >= 11 is 0. The van der Waals surface area contributed by atoms with Crippen molar-refractivity contribution in [2.75, 3.05) is 19.8 Å². The highest BCUT2D eigenvalue weighted by Gasteiger charge is 2.34. The molecule has 0 N–H and O–H groups in total. The van der Waals surface area contributed by atoms with Crippen LogP contribution >= 0.6 is 0 Å². The van der Waals surface area contributed by atoms with E-state index in [0.717, 1.165) is 12.1 Å². The summed E-state index contributed by atoms with van der Waals surface area (Å²) in [5, 5.41) is 10.8. The molecule has 0 saturated carbocycles. The second kappa shape index (κ2) is 5.66. The van der Waals surface area contributed by atoms with E-state index in [1.807, 2.05) is 0 Å². The largest absolute Gasteiger partial charge is 0.378 e. The lowest BCUT2D eigenvalue weighted by atomic mass is 10.2. The SMILES string of the molecule is Cc1cc(F)c([N+](=O)[O-])cc1S(=O)(=O)N1CCOCC1C. The van der Waals surface area contributed by atoms with Crippen LogP contribution in [0.15, 0.2) is 17.0 Å². The smallest absolute Gasteiger partial charge is 0.306 e. The molecule has 0 aliphatic carbocycles. The Kier molecular flexibility index (Phi) is 4.26. The third-order valence-electron chi connectivity index (χ3n) is 3.33. The maximum Gasteiger partial charge on any atom is 0.306 e. The minimum Gasteiger partial charge on any atom is -0.378 e. The molecule has 1 aromatic rings. The molecule has 0 spiro atoms. The summed E-state index contributed by atoms with van der Waals surface area (Å²) in [4.78, 5) is 9.61. The van der Waals surface area contributed by atoms with E-state index in [2.05, 4.69) is 0 Å². The minimum absolute atomic E-state index is 0.136. The molecule has 9 heteroatoms. The van der Waals surface area contributed by atoms with Crippen LogP contribution in [0.3, 0.4) is 0 Å². The first-order valence-corrected chi connectivity index (χ1v) is 7.73. The van der Waals surface area contributed by atoms with E-state index >= 15 is 0 Å². The molecular weight excluding hydrogens is 303 g/mol. The molecule has 0 radical (unpaired) electrons. The van der Waals surface area contributed by atoms with Crippen molar-refractivity contribution in [2.24, 2.45) is 0 Å². The van der Waals surface area contributed by atoms with Crippen molar-refractivity contribution in [1.82, 2.24) is 4.31 Å².